The van der Waals surface area contributed by atoms with Crippen LogP contribution in [0.3, 0.4) is 0 Å². The number of allylic oxidation sites excluding steroid dienone is 4. The Balaban J connectivity index is 1.80. The number of nitrogens with zero attached hydrogens (tertiary/aromatic N) is 2. The molecule has 0 aromatic rings. The van der Waals surface area contributed by atoms with Gasteiger partial charge >= 0.3 is 0 Å². The SMILES string of the molecule is C1=CCC2CCN(N3CCCC3)C2=C1. The third-order valence-electron chi connectivity index (χ3n) is 3.65. The maximum atomic E-state index is 2.55. The van der Waals surface area contributed by atoms with Gasteiger partial charge in [0.25, 0.3) is 0 Å². The van der Waals surface area contributed by atoms with Gasteiger partial charge in [-0.15, -0.1) is 0 Å². The molecule has 0 aromatic heterocycles. The molecule has 0 aromatic carbocycles. The summed E-state index contributed by atoms with van der Waals surface area (Å²) in [5.74, 6) is 0.820. The third-order valence-corrected chi connectivity index (χ3v) is 3.65. The highest BCUT2D eigenvalue weighted by Gasteiger charge is 2.32. The van der Waals surface area contributed by atoms with E-state index in [1.807, 2.05) is 0 Å². The zero-order valence-electron chi connectivity index (χ0n) is 8.65. The normalized spacial score (nSPS) is 32.1. The molecule has 0 bridgehead atoms. The maximum absolute atomic E-state index is 2.55. The number of hydrazine groups is 1. The van der Waals surface area contributed by atoms with Crippen LogP contribution in [-0.4, -0.2) is 29.7 Å². The van der Waals surface area contributed by atoms with E-state index in [9.17, 15) is 0 Å². The zero-order chi connectivity index (χ0) is 9.38. The van der Waals surface area contributed by atoms with E-state index in [4.69, 9.17) is 0 Å². The minimum absolute atomic E-state index is 0.820. The lowest BCUT2D eigenvalue weighted by molar-refractivity contribution is 0.0493. The van der Waals surface area contributed by atoms with Gasteiger partial charge in [0.2, 0.25) is 0 Å². The van der Waals surface area contributed by atoms with Crippen molar-refractivity contribution in [2.75, 3.05) is 19.6 Å². The van der Waals surface area contributed by atoms with Gasteiger partial charge in [0.15, 0.2) is 0 Å². The molecular formula is C12H18N2. The topological polar surface area (TPSA) is 6.48 Å². The van der Waals surface area contributed by atoms with Crippen LogP contribution in [0.5, 0.6) is 0 Å². The minimum Gasteiger partial charge on any atom is -0.310 e. The van der Waals surface area contributed by atoms with E-state index in [0.717, 1.165) is 5.92 Å². The first-order valence-electron chi connectivity index (χ1n) is 5.84. The van der Waals surface area contributed by atoms with E-state index < -0.39 is 0 Å². The molecule has 0 N–H and O–H groups in total. The molecule has 2 aliphatic heterocycles. The molecule has 2 nitrogen and oxygen atoms in total. The van der Waals surface area contributed by atoms with Crippen molar-refractivity contribution in [3.8, 4) is 0 Å². The second-order valence-corrected chi connectivity index (χ2v) is 4.52. The van der Waals surface area contributed by atoms with Crippen molar-refractivity contribution < 1.29 is 0 Å². The molecule has 0 amide bonds. The molecule has 2 saturated heterocycles. The molecule has 0 saturated carbocycles. The zero-order valence-corrected chi connectivity index (χ0v) is 8.65. The molecular weight excluding hydrogens is 172 g/mol. The van der Waals surface area contributed by atoms with Gasteiger partial charge in [-0.25, -0.2) is 5.01 Å². The summed E-state index contributed by atoms with van der Waals surface area (Å²) in [5, 5.41) is 5.09. The molecule has 1 unspecified atom stereocenters. The first-order valence-corrected chi connectivity index (χ1v) is 5.84. The summed E-state index contributed by atoms with van der Waals surface area (Å²) in [5.41, 5.74) is 1.58. The predicted octanol–water partition coefficient (Wildman–Crippen LogP) is 2.16. The van der Waals surface area contributed by atoms with Crippen molar-refractivity contribution in [1.29, 1.82) is 0 Å². The lowest BCUT2D eigenvalue weighted by Crippen LogP contribution is -2.37. The average molecular weight is 190 g/mol. The number of hydrogen-bond acceptors (Lipinski definition) is 2. The smallest absolute Gasteiger partial charge is 0.0350 e. The molecule has 0 spiro atoms. The van der Waals surface area contributed by atoms with Gasteiger partial charge in [0.1, 0.15) is 0 Å². The molecule has 3 rings (SSSR count). The lowest BCUT2D eigenvalue weighted by atomic mass is 9.97. The van der Waals surface area contributed by atoms with Crippen LogP contribution < -0.4 is 0 Å². The van der Waals surface area contributed by atoms with Crippen molar-refractivity contribution >= 4 is 0 Å². The Labute approximate surface area is 85.8 Å². The summed E-state index contributed by atoms with van der Waals surface area (Å²) in [4.78, 5) is 0. The molecule has 76 valence electrons. The van der Waals surface area contributed by atoms with Gasteiger partial charge in [-0.3, -0.25) is 0 Å². The van der Waals surface area contributed by atoms with E-state index in [1.165, 1.54) is 45.3 Å². The minimum atomic E-state index is 0.820. The Morgan fingerprint density at radius 2 is 2.00 bits per heavy atom. The molecule has 0 radical (unpaired) electrons. The van der Waals surface area contributed by atoms with Gasteiger partial charge in [0, 0.05) is 31.2 Å². The predicted molar refractivity (Wildman–Crippen MR) is 57.5 cm³/mol. The van der Waals surface area contributed by atoms with E-state index in [1.54, 1.807) is 5.70 Å². The van der Waals surface area contributed by atoms with Gasteiger partial charge in [-0.05, 0) is 31.8 Å². The molecule has 2 fully saturated rings. The Hall–Kier alpha value is -0.760. The van der Waals surface area contributed by atoms with Crippen molar-refractivity contribution in [3.05, 3.63) is 23.9 Å². The molecule has 1 atom stereocenters. The average Bonchev–Trinajstić information content (AvgIpc) is 2.85. The van der Waals surface area contributed by atoms with Crippen LogP contribution in [0.15, 0.2) is 23.9 Å². The fourth-order valence-corrected chi connectivity index (χ4v) is 2.88. The van der Waals surface area contributed by atoms with Crippen LogP contribution in [-0.2, 0) is 0 Å². The highest BCUT2D eigenvalue weighted by Crippen LogP contribution is 2.35. The highest BCUT2D eigenvalue weighted by atomic mass is 15.6. The Bertz CT molecular complexity index is 274. The van der Waals surface area contributed by atoms with Gasteiger partial charge in [0.05, 0.1) is 0 Å². The fourth-order valence-electron chi connectivity index (χ4n) is 2.88. The molecule has 1 aliphatic carbocycles. The van der Waals surface area contributed by atoms with Crippen LogP contribution in [0, 0.1) is 5.92 Å². The van der Waals surface area contributed by atoms with Crippen LogP contribution in [0.4, 0.5) is 0 Å². The van der Waals surface area contributed by atoms with Crippen LogP contribution in [0.25, 0.3) is 0 Å². The summed E-state index contributed by atoms with van der Waals surface area (Å²) in [7, 11) is 0. The van der Waals surface area contributed by atoms with Gasteiger partial charge in [-0.2, -0.15) is 0 Å². The maximum Gasteiger partial charge on any atom is 0.0350 e. The molecule has 2 heteroatoms. The van der Waals surface area contributed by atoms with Crippen LogP contribution in [0.2, 0.25) is 0 Å². The number of fused-ring (bicyclic) bond motifs is 1. The Morgan fingerprint density at radius 1 is 1.14 bits per heavy atom. The Morgan fingerprint density at radius 3 is 2.86 bits per heavy atom. The summed E-state index contributed by atoms with van der Waals surface area (Å²) in [6.07, 6.45) is 12.2. The van der Waals surface area contributed by atoms with Crippen LogP contribution in [0.1, 0.15) is 25.7 Å². The fraction of sp³-hybridized carbons (Fsp3) is 0.667. The first-order chi connectivity index (χ1) is 6.95. The van der Waals surface area contributed by atoms with Gasteiger partial charge in [-0.1, -0.05) is 12.2 Å². The van der Waals surface area contributed by atoms with Crippen molar-refractivity contribution in [2.24, 2.45) is 5.92 Å². The standard InChI is InChI=1S/C12H18N2/c1-2-6-12-11(5-1)7-10-14(12)13-8-3-4-9-13/h1-2,6,11H,3-5,7-10H2. The van der Waals surface area contributed by atoms with Gasteiger partial charge < -0.3 is 5.01 Å². The monoisotopic (exact) mass is 190 g/mol. The summed E-state index contributed by atoms with van der Waals surface area (Å²) in [6, 6.07) is 0. The van der Waals surface area contributed by atoms with Crippen molar-refractivity contribution in [1.82, 2.24) is 10.0 Å². The van der Waals surface area contributed by atoms with E-state index in [0.29, 0.717) is 0 Å². The lowest BCUT2D eigenvalue weighted by Gasteiger charge is -2.32. The third kappa shape index (κ3) is 1.29. The van der Waals surface area contributed by atoms with Crippen molar-refractivity contribution in [3.63, 3.8) is 0 Å². The number of rotatable bonds is 1. The summed E-state index contributed by atoms with van der Waals surface area (Å²) < 4.78 is 0. The van der Waals surface area contributed by atoms with Crippen LogP contribution >= 0.6 is 0 Å². The second kappa shape index (κ2) is 3.43. The quantitative estimate of drug-likeness (QED) is 0.625. The number of hydrogen-bond donors (Lipinski definition) is 0. The molecule has 2 heterocycles. The molecule has 14 heavy (non-hydrogen) atoms. The molecule has 3 aliphatic rings. The second-order valence-electron chi connectivity index (χ2n) is 4.52. The Kier molecular flexibility index (Phi) is 2.09. The van der Waals surface area contributed by atoms with E-state index in [-0.39, 0.29) is 0 Å². The van der Waals surface area contributed by atoms with E-state index >= 15 is 0 Å². The summed E-state index contributed by atoms with van der Waals surface area (Å²) >= 11 is 0. The first kappa shape index (κ1) is 8.54. The summed E-state index contributed by atoms with van der Waals surface area (Å²) in [6.45, 7) is 3.79. The van der Waals surface area contributed by atoms with Crippen molar-refractivity contribution in [2.45, 2.75) is 25.7 Å². The largest absolute Gasteiger partial charge is 0.310 e. The van der Waals surface area contributed by atoms with E-state index in [2.05, 4.69) is 28.2 Å². The highest BCUT2D eigenvalue weighted by molar-refractivity contribution is 5.22.